The number of allylic oxidation sites excluding steroid dienone is 2. The van der Waals surface area contributed by atoms with Gasteiger partial charge in [0.2, 0.25) is 0 Å². The molecule has 1 fully saturated rings. The van der Waals surface area contributed by atoms with Crippen LogP contribution in [0, 0.1) is 27.7 Å². The third-order valence-electron chi connectivity index (χ3n) is 6.88. The van der Waals surface area contributed by atoms with E-state index in [1.54, 1.807) is 0 Å². The van der Waals surface area contributed by atoms with Crippen molar-refractivity contribution in [3.8, 4) is 11.4 Å². The van der Waals surface area contributed by atoms with Crippen LogP contribution in [0.1, 0.15) is 46.7 Å². The molecule has 1 saturated carbocycles. The van der Waals surface area contributed by atoms with Crippen LogP contribution < -0.4 is 0 Å². The number of hydrogen-bond donors (Lipinski definition) is 0. The van der Waals surface area contributed by atoms with Crippen molar-refractivity contribution >= 4 is 17.9 Å². The van der Waals surface area contributed by atoms with E-state index >= 15 is 0 Å². The van der Waals surface area contributed by atoms with E-state index < -0.39 is 0 Å². The van der Waals surface area contributed by atoms with Crippen LogP contribution in [-0.4, -0.2) is 14.9 Å². The lowest BCUT2D eigenvalue weighted by molar-refractivity contribution is -0.111. The number of rotatable bonds is 4. The quantitative estimate of drug-likeness (QED) is 0.301. The van der Waals surface area contributed by atoms with Gasteiger partial charge in [0.25, 0.3) is 0 Å². The minimum absolute atomic E-state index is 0.175. The van der Waals surface area contributed by atoms with Crippen molar-refractivity contribution in [1.29, 1.82) is 0 Å². The van der Waals surface area contributed by atoms with E-state index in [0.717, 1.165) is 57.9 Å². The average molecular weight is 447 g/mol. The van der Waals surface area contributed by atoms with Gasteiger partial charge in [-0.05, 0) is 100 Å². The largest absolute Gasteiger partial charge is 0.318 e. The summed E-state index contributed by atoms with van der Waals surface area (Å²) in [6, 6.07) is 25.1. The van der Waals surface area contributed by atoms with Gasteiger partial charge in [-0.25, -0.2) is 0 Å². The lowest BCUT2D eigenvalue weighted by Gasteiger charge is -2.09. The Morgan fingerprint density at radius 2 is 1.00 bits per heavy atom. The molecule has 3 nitrogen and oxygen atoms in total. The topological polar surface area (TPSA) is 26.9 Å². The predicted octanol–water partition coefficient (Wildman–Crippen LogP) is 7.33. The van der Waals surface area contributed by atoms with Gasteiger partial charge in [-0.2, -0.15) is 0 Å². The Labute approximate surface area is 201 Å². The number of hydrogen-bond acceptors (Lipinski definition) is 1. The first-order valence-electron chi connectivity index (χ1n) is 11.9. The van der Waals surface area contributed by atoms with Crippen molar-refractivity contribution in [3.05, 3.63) is 118 Å². The molecule has 34 heavy (non-hydrogen) atoms. The van der Waals surface area contributed by atoms with Gasteiger partial charge in [0.15, 0.2) is 5.78 Å². The molecule has 170 valence electrons. The molecule has 0 aliphatic heterocycles. The van der Waals surface area contributed by atoms with Gasteiger partial charge < -0.3 is 9.13 Å². The molecule has 0 saturated heterocycles. The van der Waals surface area contributed by atoms with Crippen molar-refractivity contribution < 1.29 is 4.79 Å². The van der Waals surface area contributed by atoms with Crippen molar-refractivity contribution in [2.24, 2.45) is 0 Å². The highest BCUT2D eigenvalue weighted by molar-refractivity contribution is 6.15. The van der Waals surface area contributed by atoms with Crippen LogP contribution >= 0.6 is 0 Å². The number of ketones is 1. The highest BCUT2D eigenvalue weighted by Gasteiger charge is 2.24. The van der Waals surface area contributed by atoms with Gasteiger partial charge in [-0.1, -0.05) is 36.4 Å². The first-order chi connectivity index (χ1) is 16.4. The van der Waals surface area contributed by atoms with Crippen LogP contribution in [-0.2, 0) is 4.79 Å². The molecule has 0 unspecified atom stereocenters. The zero-order valence-corrected chi connectivity index (χ0v) is 20.3. The number of nitrogens with zero attached hydrogens (tertiary/aromatic N) is 2. The SMILES string of the molecule is Cc1cc(/C=C2\CC/C(=C\c3cc(C)n(-c4ccccc4)c3C)C2=O)c(C)n1-c1ccccc1. The van der Waals surface area contributed by atoms with Crippen molar-refractivity contribution in [1.82, 2.24) is 9.13 Å². The third-order valence-corrected chi connectivity index (χ3v) is 6.88. The summed E-state index contributed by atoms with van der Waals surface area (Å²) in [6.45, 7) is 8.49. The monoisotopic (exact) mass is 446 g/mol. The zero-order valence-electron chi connectivity index (χ0n) is 20.3. The fraction of sp³-hybridized carbons (Fsp3) is 0.194. The van der Waals surface area contributed by atoms with Crippen LogP contribution in [0.2, 0.25) is 0 Å². The van der Waals surface area contributed by atoms with E-state index in [4.69, 9.17) is 0 Å². The van der Waals surface area contributed by atoms with Gasteiger partial charge in [-0.15, -0.1) is 0 Å². The summed E-state index contributed by atoms with van der Waals surface area (Å²) in [5.74, 6) is 0.175. The summed E-state index contributed by atoms with van der Waals surface area (Å²) >= 11 is 0. The Morgan fingerprint density at radius 3 is 1.38 bits per heavy atom. The molecule has 4 aromatic rings. The van der Waals surface area contributed by atoms with Crippen LogP contribution in [0.3, 0.4) is 0 Å². The molecule has 0 atom stereocenters. The Bertz CT molecular complexity index is 1320. The molecule has 2 heterocycles. The number of aromatic nitrogens is 2. The summed E-state index contributed by atoms with van der Waals surface area (Å²) in [5.41, 5.74) is 11.0. The minimum atomic E-state index is 0.175. The fourth-order valence-electron chi connectivity index (χ4n) is 5.17. The number of para-hydroxylation sites is 2. The van der Waals surface area contributed by atoms with Crippen molar-refractivity contribution in [3.63, 3.8) is 0 Å². The smallest absolute Gasteiger partial charge is 0.185 e. The van der Waals surface area contributed by atoms with E-state index in [2.05, 4.69) is 110 Å². The van der Waals surface area contributed by atoms with E-state index in [9.17, 15) is 4.79 Å². The maximum Gasteiger partial charge on any atom is 0.185 e. The number of benzene rings is 2. The van der Waals surface area contributed by atoms with Crippen molar-refractivity contribution in [2.45, 2.75) is 40.5 Å². The van der Waals surface area contributed by atoms with Crippen LogP contribution in [0.15, 0.2) is 83.9 Å². The molecule has 5 rings (SSSR count). The molecular formula is C31H30N2O. The van der Waals surface area contributed by atoms with Gasteiger partial charge in [0.1, 0.15) is 0 Å². The Kier molecular flexibility index (Phi) is 5.70. The molecule has 0 bridgehead atoms. The lowest BCUT2D eigenvalue weighted by Crippen LogP contribution is -1.99. The summed E-state index contributed by atoms with van der Waals surface area (Å²) in [6.07, 6.45) is 5.77. The number of Topliss-reactive ketones (excluding diaryl/α,β-unsaturated/α-hetero) is 1. The van der Waals surface area contributed by atoms with E-state index in [0.29, 0.717) is 0 Å². The predicted molar refractivity (Wildman–Crippen MR) is 141 cm³/mol. The maximum absolute atomic E-state index is 13.3. The van der Waals surface area contributed by atoms with Crippen LogP contribution in [0.5, 0.6) is 0 Å². The summed E-state index contributed by atoms with van der Waals surface area (Å²) in [5, 5.41) is 0. The molecule has 3 heteroatoms. The lowest BCUT2D eigenvalue weighted by atomic mass is 10.1. The standard InChI is InChI=1S/C31H30N2O/c1-21-17-27(23(3)32(21)29-11-7-5-8-12-29)19-25-15-16-26(31(25)34)20-28-18-22(2)33(24(28)4)30-13-9-6-10-14-30/h5-14,17-20H,15-16H2,1-4H3/b25-19+,26-20+. The van der Waals surface area contributed by atoms with Gasteiger partial charge in [0, 0.05) is 45.3 Å². The molecule has 0 spiro atoms. The Morgan fingerprint density at radius 1 is 0.618 bits per heavy atom. The molecule has 1 aliphatic rings. The number of carbonyl (C=O) groups is 1. The molecule has 2 aromatic heterocycles. The first-order valence-corrected chi connectivity index (χ1v) is 11.9. The summed E-state index contributed by atoms with van der Waals surface area (Å²) in [7, 11) is 0. The molecule has 2 aromatic carbocycles. The Hall–Kier alpha value is -3.85. The van der Waals surface area contributed by atoms with Gasteiger partial charge in [0.05, 0.1) is 0 Å². The maximum atomic E-state index is 13.3. The number of aryl methyl sites for hydroxylation is 2. The Balaban J connectivity index is 1.45. The van der Waals surface area contributed by atoms with Gasteiger partial charge >= 0.3 is 0 Å². The summed E-state index contributed by atoms with van der Waals surface area (Å²) < 4.78 is 4.50. The molecule has 0 radical (unpaired) electrons. The van der Waals surface area contributed by atoms with E-state index in [-0.39, 0.29) is 5.78 Å². The molecule has 0 N–H and O–H groups in total. The summed E-state index contributed by atoms with van der Waals surface area (Å²) in [4.78, 5) is 13.3. The second-order valence-corrected chi connectivity index (χ2v) is 9.16. The molecular weight excluding hydrogens is 416 g/mol. The normalized spacial score (nSPS) is 16.2. The fourth-order valence-corrected chi connectivity index (χ4v) is 5.17. The number of carbonyl (C=O) groups excluding carboxylic acids is 1. The third kappa shape index (κ3) is 3.88. The highest BCUT2D eigenvalue weighted by Crippen LogP contribution is 2.32. The molecule has 1 aliphatic carbocycles. The van der Waals surface area contributed by atoms with E-state index in [1.165, 1.54) is 11.4 Å². The molecule has 0 amide bonds. The van der Waals surface area contributed by atoms with Gasteiger partial charge in [-0.3, -0.25) is 4.79 Å². The zero-order chi connectivity index (χ0) is 23.8. The minimum Gasteiger partial charge on any atom is -0.318 e. The first kappa shape index (κ1) is 22.0. The van der Waals surface area contributed by atoms with Crippen molar-refractivity contribution in [2.75, 3.05) is 0 Å². The van der Waals surface area contributed by atoms with E-state index in [1.807, 2.05) is 12.1 Å². The highest BCUT2D eigenvalue weighted by atomic mass is 16.1. The van der Waals surface area contributed by atoms with Crippen LogP contribution in [0.4, 0.5) is 0 Å². The average Bonchev–Trinajstić information content (AvgIpc) is 3.43. The second-order valence-electron chi connectivity index (χ2n) is 9.16. The second kappa shape index (κ2) is 8.83. The van der Waals surface area contributed by atoms with Crippen LogP contribution in [0.25, 0.3) is 23.5 Å².